The number of aryl methyl sites for hydroxylation is 2. The number of nitrogens with one attached hydrogen (secondary N) is 1. The number of hydrogen-bond acceptors (Lipinski definition) is 4. The fourth-order valence-corrected chi connectivity index (χ4v) is 2.85. The van der Waals surface area contributed by atoms with E-state index in [-0.39, 0.29) is 11.6 Å². The largest absolute Gasteiger partial charge is 0.219 e. The van der Waals surface area contributed by atoms with Gasteiger partial charge in [0.2, 0.25) is 0 Å². The standard InChI is InChI=1S/C18H18F2N4/c1-12-10-15(19)5-4-14(12)8-9-18(21-22-23-24(18)3)17-7-6-16(20)11-13(17)2/h4-11H,1-3H3,(H,21,23). The Morgan fingerprint density at radius 3 is 2.29 bits per heavy atom. The summed E-state index contributed by atoms with van der Waals surface area (Å²) in [6.45, 7) is 3.68. The van der Waals surface area contributed by atoms with Gasteiger partial charge in [0.1, 0.15) is 11.6 Å². The Balaban J connectivity index is 2.07. The van der Waals surface area contributed by atoms with E-state index in [4.69, 9.17) is 0 Å². The third kappa shape index (κ3) is 2.80. The van der Waals surface area contributed by atoms with Gasteiger partial charge in [0.25, 0.3) is 0 Å². The van der Waals surface area contributed by atoms with E-state index in [2.05, 4.69) is 15.9 Å². The molecule has 0 spiro atoms. The number of likely N-dealkylation sites (N-methyl/N-ethyl adjacent to an activating group) is 1. The zero-order valence-corrected chi connectivity index (χ0v) is 13.7. The number of hydrogen-bond donors (Lipinski definition) is 1. The summed E-state index contributed by atoms with van der Waals surface area (Å²) in [5.41, 5.74) is 5.19. The highest BCUT2D eigenvalue weighted by Crippen LogP contribution is 2.36. The van der Waals surface area contributed by atoms with E-state index in [9.17, 15) is 8.78 Å². The van der Waals surface area contributed by atoms with Crippen molar-refractivity contribution in [3.05, 3.63) is 76.4 Å². The van der Waals surface area contributed by atoms with Gasteiger partial charge >= 0.3 is 0 Å². The molecule has 24 heavy (non-hydrogen) atoms. The van der Waals surface area contributed by atoms with Crippen molar-refractivity contribution in [2.24, 2.45) is 10.3 Å². The van der Waals surface area contributed by atoms with Crippen LogP contribution in [-0.4, -0.2) is 12.1 Å². The summed E-state index contributed by atoms with van der Waals surface area (Å²) in [6, 6.07) is 9.19. The van der Waals surface area contributed by atoms with Gasteiger partial charge in [-0.3, -0.25) is 0 Å². The normalized spacial score (nSPS) is 20.7. The Labute approximate surface area is 139 Å². The molecule has 1 unspecified atom stereocenters. The first kappa shape index (κ1) is 16.3. The van der Waals surface area contributed by atoms with E-state index < -0.39 is 5.66 Å². The lowest BCUT2D eigenvalue weighted by atomic mass is 9.93. The van der Waals surface area contributed by atoms with Gasteiger partial charge in [-0.05, 0) is 60.9 Å². The van der Waals surface area contributed by atoms with Crippen LogP contribution in [0.15, 0.2) is 52.8 Å². The monoisotopic (exact) mass is 328 g/mol. The maximum absolute atomic E-state index is 13.5. The Morgan fingerprint density at radius 1 is 1.04 bits per heavy atom. The molecule has 0 saturated heterocycles. The third-order valence-corrected chi connectivity index (χ3v) is 4.22. The van der Waals surface area contributed by atoms with Gasteiger partial charge in [-0.2, -0.15) is 5.01 Å². The average molecular weight is 328 g/mol. The lowest BCUT2D eigenvalue weighted by molar-refractivity contribution is 0.157. The first-order valence-corrected chi connectivity index (χ1v) is 7.56. The van der Waals surface area contributed by atoms with E-state index in [1.807, 2.05) is 33.0 Å². The van der Waals surface area contributed by atoms with Gasteiger partial charge in [0, 0.05) is 12.6 Å². The first-order chi connectivity index (χ1) is 11.4. The summed E-state index contributed by atoms with van der Waals surface area (Å²) in [6.07, 6.45) is 3.75. The smallest absolute Gasteiger partial charge is 0.198 e. The minimum absolute atomic E-state index is 0.270. The SMILES string of the molecule is Cc1cc(F)ccc1C=CC1(c2ccc(F)cc2C)N=NNN1C. The highest BCUT2D eigenvalue weighted by Gasteiger charge is 2.39. The molecular formula is C18H18F2N4. The second-order valence-corrected chi connectivity index (χ2v) is 5.88. The van der Waals surface area contributed by atoms with Crippen LogP contribution in [-0.2, 0) is 5.66 Å². The molecule has 1 aliphatic heterocycles. The zero-order chi connectivity index (χ0) is 17.3. The topological polar surface area (TPSA) is 40.0 Å². The number of hydrazine groups is 1. The molecule has 6 heteroatoms. The molecular weight excluding hydrogens is 310 g/mol. The lowest BCUT2D eigenvalue weighted by Gasteiger charge is -2.30. The first-order valence-electron chi connectivity index (χ1n) is 7.56. The van der Waals surface area contributed by atoms with E-state index in [0.717, 1.165) is 22.3 Å². The van der Waals surface area contributed by atoms with Gasteiger partial charge in [-0.1, -0.05) is 23.4 Å². The highest BCUT2D eigenvalue weighted by molar-refractivity contribution is 5.56. The molecule has 0 aromatic heterocycles. The zero-order valence-electron chi connectivity index (χ0n) is 13.7. The van der Waals surface area contributed by atoms with Crippen molar-refractivity contribution < 1.29 is 8.78 Å². The summed E-state index contributed by atoms with van der Waals surface area (Å²) in [4.78, 5) is 0. The fourth-order valence-electron chi connectivity index (χ4n) is 2.85. The minimum Gasteiger partial charge on any atom is -0.219 e. The lowest BCUT2D eigenvalue weighted by Crippen LogP contribution is -2.42. The Morgan fingerprint density at radius 2 is 1.71 bits per heavy atom. The number of benzene rings is 2. The Hall–Kier alpha value is -2.60. The van der Waals surface area contributed by atoms with Crippen molar-refractivity contribution in [2.75, 3.05) is 7.05 Å². The van der Waals surface area contributed by atoms with Crippen molar-refractivity contribution >= 4 is 6.08 Å². The van der Waals surface area contributed by atoms with E-state index in [1.165, 1.54) is 24.3 Å². The predicted octanol–water partition coefficient (Wildman–Crippen LogP) is 4.27. The molecule has 0 amide bonds. The number of rotatable bonds is 3. The van der Waals surface area contributed by atoms with Crippen LogP contribution >= 0.6 is 0 Å². The summed E-state index contributed by atoms with van der Waals surface area (Å²) in [5.74, 6) is -0.566. The highest BCUT2D eigenvalue weighted by atomic mass is 19.1. The molecule has 1 N–H and O–H groups in total. The molecule has 2 aromatic carbocycles. The van der Waals surface area contributed by atoms with Crippen LogP contribution < -0.4 is 5.53 Å². The third-order valence-electron chi connectivity index (χ3n) is 4.22. The molecule has 0 saturated carbocycles. The molecule has 3 rings (SSSR count). The van der Waals surface area contributed by atoms with Gasteiger partial charge in [-0.25, -0.2) is 14.3 Å². The van der Waals surface area contributed by atoms with Gasteiger partial charge in [0.15, 0.2) is 5.66 Å². The van der Waals surface area contributed by atoms with Crippen molar-refractivity contribution in [2.45, 2.75) is 19.5 Å². The van der Waals surface area contributed by atoms with Crippen molar-refractivity contribution in [3.63, 3.8) is 0 Å². The number of halogens is 2. The maximum Gasteiger partial charge on any atom is 0.198 e. The quantitative estimate of drug-likeness (QED) is 0.914. The Bertz CT molecular complexity index is 832. The van der Waals surface area contributed by atoms with Gasteiger partial charge in [-0.15, -0.1) is 5.11 Å². The van der Waals surface area contributed by atoms with Crippen molar-refractivity contribution in [3.8, 4) is 0 Å². The molecule has 124 valence electrons. The molecule has 0 bridgehead atoms. The number of nitrogens with zero attached hydrogens (tertiary/aromatic N) is 3. The molecule has 2 aromatic rings. The molecule has 1 atom stereocenters. The van der Waals surface area contributed by atoms with Gasteiger partial charge in [0.05, 0.1) is 0 Å². The molecule has 1 heterocycles. The van der Waals surface area contributed by atoms with Crippen molar-refractivity contribution in [1.29, 1.82) is 0 Å². The molecule has 4 nitrogen and oxygen atoms in total. The molecule has 1 aliphatic rings. The fraction of sp³-hybridized carbons (Fsp3) is 0.222. The molecule has 0 fully saturated rings. The van der Waals surface area contributed by atoms with Crippen LogP contribution in [0.5, 0.6) is 0 Å². The second kappa shape index (κ2) is 6.13. The van der Waals surface area contributed by atoms with Crippen LogP contribution in [0.25, 0.3) is 6.08 Å². The summed E-state index contributed by atoms with van der Waals surface area (Å²) >= 11 is 0. The second-order valence-electron chi connectivity index (χ2n) is 5.88. The van der Waals surface area contributed by atoms with Crippen LogP contribution in [0.2, 0.25) is 0 Å². The van der Waals surface area contributed by atoms with Crippen LogP contribution in [0.4, 0.5) is 8.78 Å². The molecule has 0 radical (unpaired) electrons. The summed E-state index contributed by atoms with van der Waals surface area (Å²) in [5, 5.41) is 9.97. The van der Waals surface area contributed by atoms with Crippen LogP contribution in [0.1, 0.15) is 22.3 Å². The molecule has 0 aliphatic carbocycles. The Kier molecular flexibility index (Phi) is 4.15. The van der Waals surface area contributed by atoms with Crippen LogP contribution in [0, 0.1) is 25.5 Å². The summed E-state index contributed by atoms with van der Waals surface area (Å²) < 4.78 is 26.7. The van der Waals surface area contributed by atoms with Gasteiger partial charge < -0.3 is 0 Å². The van der Waals surface area contributed by atoms with Crippen LogP contribution in [0.3, 0.4) is 0 Å². The van der Waals surface area contributed by atoms with E-state index in [0.29, 0.717) is 0 Å². The van der Waals surface area contributed by atoms with E-state index >= 15 is 0 Å². The average Bonchev–Trinajstić information content (AvgIpc) is 2.88. The minimum atomic E-state index is -0.890. The van der Waals surface area contributed by atoms with Crippen molar-refractivity contribution in [1.82, 2.24) is 10.5 Å². The van der Waals surface area contributed by atoms with E-state index in [1.54, 1.807) is 17.1 Å². The summed E-state index contributed by atoms with van der Waals surface area (Å²) in [7, 11) is 1.81. The predicted molar refractivity (Wildman–Crippen MR) is 88.7 cm³/mol. The maximum atomic E-state index is 13.5.